The predicted octanol–water partition coefficient (Wildman–Crippen LogP) is 3.33. The molecular weight excluding hydrogens is 368 g/mol. The van der Waals surface area contributed by atoms with Crippen molar-refractivity contribution in [2.45, 2.75) is 13.8 Å². The number of hydrogen-bond donors (Lipinski definition) is 1. The number of amides is 1. The number of aromatic nitrogens is 3. The van der Waals surface area contributed by atoms with Crippen molar-refractivity contribution in [3.8, 4) is 5.69 Å². The lowest BCUT2D eigenvalue weighted by Crippen LogP contribution is -2.22. The lowest BCUT2D eigenvalue weighted by molar-refractivity contribution is -0.119. The minimum Gasteiger partial charge on any atom is -0.451 e. The molecule has 2 aromatic carbocycles. The van der Waals surface area contributed by atoms with Crippen molar-refractivity contribution in [2.24, 2.45) is 0 Å². The number of aryl methyl sites for hydroxylation is 2. The Balaban J connectivity index is 1.63. The molecule has 0 bridgehead atoms. The van der Waals surface area contributed by atoms with E-state index in [0.29, 0.717) is 22.1 Å². The minimum absolute atomic E-state index is 0.0607. The fourth-order valence-corrected chi connectivity index (χ4v) is 2.53. The molecule has 1 aromatic heterocycles. The van der Waals surface area contributed by atoms with Crippen molar-refractivity contribution in [3.05, 3.63) is 70.5 Å². The molecule has 0 saturated heterocycles. The third-order valence-corrected chi connectivity index (χ3v) is 4.01. The third kappa shape index (κ3) is 4.51. The Morgan fingerprint density at radius 2 is 1.85 bits per heavy atom. The van der Waals surface area contributed by atoms with Crippen LogP contribution in [0.25, 0.3) is 5.69 Å². The number of carbonyl (C=O) groups is 2. The minimum atomic E-state index is -0.715. The molecule has 0 unspecified atom stereocenters. The van der Waals surface area contributed by atoms with Crippen molar-refractivity contribution in [1.82, 2.24) is 15.0 Å². The summed E-state index contributed by atoms with van der Waals surface area (Å²) >= 11 is 5.92. The zero-order chi connectivity index (χ0) is 19.4. The molecule has 0 aliphatic carbocycles. The van der Waals surface area contributed by atoms with Gasteiger partial charge in [-0.05, 0) is 43.7 Å². The van der Waals surface area contributed by atoms with Gasteiger partial charge in [0.15, 0.2) is 12.3 Å². The molecular formula is C19H17ClN4O3. The third-order valence-electron chi connectivity index (χ3n) is 3.77. The Kier molecular flexibility index (Phi) is 5.52. The molecule has 1 N–H and O–H groups in total. The van der Waals surface area contributed by atoms with Crippen LogP contribution in [-0.4, -0.2) is 33.5 Å². The first-order chi connectivity index (χ1) is 12.9. The van der Waals surface area contributed by atoms with E-state index in [1.54, 1.807) is 25.1 Å². The van der Waals surface area contributed by atoms with Gasteiger partial charge in [0.25, 0.3) is 5.91 Å². The quantitative estimate of drug-likeness (QED) is 0.682. The summed E-state index contributed by atoms with van der Waals surface area (Å²) in [7, 11) is 0. The van der Waals surface area contributed by atoms with Gasteiger partial charge in [-0.3, -0.25) is 4.79 Å². The highest BCUT2D eigenvalue weighted by Gasteiger charge is 2.19. The number of nitrogens with zero attached hydrogens (tertiary/aromatic N) is 3. The van der Waals surface area contributed by atoms with Crippen LogP contribution in [0.4, 0.5) is 5.69 Å². The molecule has 7 nitrogen and oxygen atoms in total. The lowest BCUT2D eigenvalue weighted by atomic mass is 10.2. The second-order valence-electron chi connectivity index (χ2n) is 5.84. The first kappa shape index (κ1) is 18.6. The highest BCUT2D eigenvalue weighted by molar-refractivity contribution is 6.31. The molecule has 0 aliphatic rings. The van der Waals surface area contributed by atoms with E-state index in [9.17, 15) is 9.59 Å². The average molecular weight is 385 g/mol. The van der Waals surface area contributed by atoms with Gasteiger partial charge in [-0.1, -0.05) is 35.9 Å². The maximum atomic E-state index is 12.2. The molecule has 0 atom stereocenters. The number of ether oxygens (including phenoxy) is 1. The van der Waals surface area contributed by atoms with Crippen LogP contribution in [0.1, 0.15) is 21.7 Å². The summed E-state index contributed by atoms with van der Waals surface area (Å²) in [5.41, 5.74) is 2.60. The van der Waals surface area contributed by atoms with E-state index in [0.717, 1.165) is 5.56 Å². The van der Waals surface area contributed by atoms with Crippen LogP contribution < -0.4 is 5.32 Å². The molecule has 1 heterocycles. The highest BCUT2D eigenvalue weighted by Crippen LogP contribution is 2.20. The fraction of sp³-hybridized carbons (Fsp3) is 0.158. The summed E-state index contributed by atoms with van der Waals surface area (Å²) in [6.45, 7) is 3.05. The van der Waals surface area contributed by atoms with Gasteiger partial charge in [-0.25, -0.2) is 4.79 Å². The van der Waals surface area contributed by atoms with Gasteiger partial charge in [0.1, 0.15) is 0 Å². The number of carbonyl (C=O) groups excluding carboxylic acids is 2. The van der Waals surface area contributed by atoms with E-state index in [-0.39, 0.29) is 5.69 Å². The van der Waals surface area contributed by atoms with E-state index in [2.05, 4.69) is 15.5 Å². The molecule has 27 heavy (non-hydrogen) atoms. The van der Waals surface area contributed by atoms with Crippen LogP contribution in [0.2, 0.25) is 5.02 Å². The Hall–Kier alpha value is -3.19. The summed E-state index contributed by atoms with van der Waals surface area (Å²) in [5.74, 6) is -1.19. The molecule has 0 fully saturated rings. The molecule has 0 spiro atoms. The number of halogens is 1. The number of hydrogen-bond acceptors (Lipinski definition) is 5. The van der Waals surface area contributed by atoms with E-state index >= 15 is 0 Å². The maximum Gasteiger partial charge on any atom is 0.361 e. The van der Waals surface area contributed by atoms with Crippen molar-refractivity contribution >= 4 is 29.2 Å². The van der Waals surface area contributed by atoms with Crippen LogP contribution in [0, 0.1) is 13.8 Å². The number of esters is 1. The van der Waals surface area contributed by atoms with E-state index < -0.39 is 18.5 Å². The summed E-state index contributed by atoms with van der Waals surface area (Å²) in [5, 5.41) is 11.5. The first-order valence-electron chi connectivity index (χ1n) is 8.16. The van der Waals surface area contributed by atoms with E-state index in [1.165, 1.54) is 4.80 Å². The average Bonchev–Trinajstić information content (AvgIpc) is 3.05. The Morgan fingerprint density at radius 3 is 2.59 bits per heavy atom. The molecule has 3 rings (SSSR count). The summed E-state index contributed by atoms with van der Waals surface area (Å²) in [6.07, 6.45) is 0. The van der Waals surface area contributed by atoms with Gasteiger partial charge < -0.3 is 10.1 Å². The van der Waals surface area contributed by atoms with Crippen LogP contribution in [0.5, 0.6) is 0 Å². The molecule has 138 valence electrons. The first-order valence-corrected chi connectivity index (χ1v) is 8.54. The largest absolute Gasteiger partial charge is 0.451 e. The standard InChI is InChI=1S/C19H17ClN4O3/c1-12-8-9-14(20)10-16(12)21-17(25)11-27-19(26)18-13(2)22-24(23-18)15-6-4-3-5-7-15/h3-10H,11H2,1-2H3,(H,21,25). The number of benzene rings is 2. The van der Waals surface area contributed by atoms with Gasteiger partial charge >= 0.3 is 5.97 Å². The molecule has 0 saturated carbocycles. The predicted molar refractivity (Wildman–Crippen MR) is 101 cm³/mol. The maximum absolute atomic E-state index is 12.2. The smallest absolute Gasteiger partial charge is 0.361 e. The second kappa shape index (κ2) is 8.01. The van der Waals surface area contributed by atoms with Crippen molar-refractivity contribution in [2.75, 3.05) is 11.9 Å². The fourth-order valence-electron chi connectivity index (χ4n) is 2.36. The van der Waals surface area contributed by atoms with Crippen LogP contribution in [0.3, 0.4) is 0 Å². The number of anilines is 1. The van der Waals surface area contributed by atoms with E-state index in [1.807, 2.05) is 37.3 Å². The summed E-state index contributed by atoms with van der Waals surface area (Å²) in [4.78, 5) is 25.6. The number of rotatable bonds is 5. The summed E-state index contributed by atoms with van der Waals surface area (Å²) < 4.78 is 5.06. The number of para-hydroxylation sites is 1. The van der Waals surface area contributed by atoms with Crippen LogP contribution in [0.15, 0.2) is 48.5 Å². The van der Waals surface area contributed by atoms with Gasteiger partial charge in [0, 0.05) is 10.7 Å². The Labute approximate surface area is 160 Å². The van der Waals surface area contributed by atoms with Crippen molar-refractivity contribution in [3.63, 3.8) is 0 Å². The molecule has 0 aliphatic heterocycles. The Bertz CT molecular complexity index is 986. The summed E-state index contributed by atoms with van der Waals surface area (Å²) in [6, 6.07) is 14.3. The normalized spacial score (nSPS) is 10.5. The van der Waals surface area contributed by atoms with Crippen LogP contribution >= 0.6 is 11.6 Å². The number of nitrogens with one attached hydrogen (secondary N) is 1. The molecule has 3 aromatic rings. The van der Waals surface area contributed by atoms with Gasteiger partial charge in [-0.15, -0.1) is 5.10 Å². The zero-order valence-electron chi connectivity index (χ0n) is 14.8. The second-order valence-corrected chi connectivity index (χ2v) is 6.28. The van der Waals surface area contributed by atoms with Crippen molar-refractivity contribution < 1.29 is 14.3 Å². The van der Waals surface area contributed by atoms with Gasteiger partial charge in [0.05, 0.1) is 11.4 Å². The molecule has 1 amide bonds. The zero-order valence-corrected chi connectivity index (χ0v) is 15.5. The van der Waals surface area contributed by atoms with Gasteiger partial charge in [0.2, 0.25) is 0 Å². The lowest BCUT2D eigenvalue weighted by Gasteiger charge is -2.09. The monoisotopic (exact) mass is 384 g/mol. The molecule has 8 heteroatoms. The van der Waals surface area contributed by atoms with E-state index in [4.69, 9.17) is 16.3 Å². The molecule has 0 radical (unpaired) electrons. The van der Waals surface area contributed by atoms with Crippen molar-refractivity contribution in [1.29, 1.82) is 0 Å². The highest BCUT2D eigenvalue weighted by atomic mass is 35.5. The van der Waals surface area contributed by atoms with Crippen LogP contribution in [-0.2, 0) is 9.53 Å². The SMILES string of the molecule is Cc1ccc(Cl)cc1NC(=O)COC(=O)c1nn(-c2ccccc2)nc1C. The Morgan fingerprint density at radius 1 is 1.11 bits per heavy atom. The topological polar surface area (TPSA) is 86.1 Å². The van der Waals surface area contributed by atoms with Gasteiger partial charge in [-0.2, -0.15) is 9.90 Å².